The Kier molecular flexibility index (Phi) is 5.18. The van der Waals surface area contributed by atoms with Gasteiger partial charge in [0.25, 0.3) is 5.91 Å². The summed E-state index contributed by atoms with van der Waals surface area (Å²) >= 11 is 0. The molecule has 2 aromatic rings. The Labute approximate surface area is 157 Å². The second kappa shape index (κ2) is 7.74. The molecule has 8 heteroatoms. The van der Waals surface area contributed by atoms with Gasteiger partial charge in [0, 0.05) is 39.3 Å². The fraction of sp³-hybridized carbons (Fsp3) is 0.526. The normalized spacial score (nSPS) is 21.0. The van der Waals surface area contributed by atoms with E-state index in [-0.39, 0.29) is 11.7 Å². The lowest BCUT2D eigenvalue weighted by Crippen LogP contribution is -2.49. The number of carbonyl (C=O) groups is 1. The zero-order chi connectivity index (χ0) is 18.8. The first kappa shape index (κ1) is 18.1. The number of ether oxygens (including phenoxy) is 1. The largest absolute Gasteiger partial charge is 0.381 e. The lowest BCUT2D eigenvalue weighted by atomic mass is 10.1. The Bertz CT molecular complexity index is 810. The molecule has 0 radical (unpaired) electrons. The summed E-state index contributed by atoms with van der Waals surface area (Å²) in [6.45, 7) is 7.68. The maximum atomic E-state index is 13.3. The third-order valence-corrected chi connectivity index (χ3v) is 5.32. The number of halogens is 1. The average Bonchev–Trinajstić information content (AvgIpc) is 3.34. The van der Waals surface area contributed by atoms with Crippen molar-refractivity contribution >= 4 is 5.91 Å². The first-order valence-electron chi connectivity index (χ1n) is 9.38. The second-order valence-corrected chi connectivity index (χ2v) is 7.30. The van der Waals surface area contributed by atoms with Crippen LogP contribution >= 0.6 is 0 Å². The van der Waals surface area contributed by atoms with Crippen molar-refractivity contribution in [2.45, 2.75) is 13.3 Å². The highest BCUT2D eigenvalue weighted by molar-refractivity contribution is 5.92. The molecule has 1 atom stereocenters. The number of benzene rings is 1. The lowest BCUT2D eigenvalue weighted by Gasteiger charge is -2.35. The van der Waals surface area contributed by atoms with Gasteiger partial charge in [-0.1, -0.05) is 5.21 Å². The van der Waals surface area contributed by atoms with Crippen LogP contribution < -0.4 is 0 Å². The van der Waals surface area contributed by atoms with Crippen molar-refractivity contribution in [2.75, 3.05) is 45.9 Å². The second-order valence-electron chi connectivity index (χ2n) is 7.30. The van der Waals surface area contributed by atoms with Crippen LogP contribution in [-0.2, 0) is 4.74 Å². The Morgan fingerprint density at radius 2 is 2.11 bits per heavy atom. The van der Waals surface area contributed by atoms with E-state index >= 15 is 0 Å². The summed E-state index contributed by atoms with van der Waals surface area (Å²) in [5.41, 5.74) is 1.77. The van der Waals surface area contributed by atoms with Crippen molar-refractivity contribution in [2.24, 2.45) is 5.92 Å². The van der Waals surface area contributed by atoms with Crippen LogP contribution in [0.5, 0.6) is 0 Å². The molecule has 0 aliphatic carbocycles. The average molecular weight is 373 g/mol. The lowest BCUT2D eigenvalue weighted by molar-refractivity contribution is 0.0605. The molecule has 4 rings (SSSR count). The number of amides is 1. The molecule has 2 saturated heterocycles. The van der Waals surface area contributed by atoms with E-state index in [2.05, 4.69) is 15.2 Å². The molecule has 3 heterocycles. The van der Waals surface area contributed by atoms with E-state index < -0.39 is 0 Å². The highest BCUT2D eigenvalue weighted by Crippen LogP contribution is 2.17. The minimum atomic E-state index is -0.297. The van der Waals surface area contributed by atoms with Crippen LogP contribution in [0.4, 0.5) is 4.39 Å². The third kappa shape index (κ3) is 4.01. The van der Waals surface area contributed by atoms with Gasteiger partial charge in [0.15, 0.2) is 5.69 Å². The van der Waals surface area contributed by atoms with Crippen LogP contribution in [0.3, 0.4) is 0 Å². The molecule has 2 aliphatic rings. The Balaban J connectivity index is 1.37. The number of aromatic nitrogens is 3. The molecule has 7 nitrogen and oxygen atoms in total. The number of aryl methyl sites for hydroxylation is 1. The van der Waals surface area contributed by atoms with Gasteiger partial charge in [-0.15, -0.1) is 5.10 Å². The number of rotatable bonds is 4. The summed E-state index contributed by atoms with van der Waals surface area (Å²) < 4.78 is 20.2. The maximum Gasteiger partial charge on any atom is 0.276 e. The third-order valence-electron chi connectivity index (χ3n) is 5.32. The van der Waals surface area contributed by atoms with Crippen molar-refractivity contribution in [1.82, 2.24) is 24.8 Å². The van der Waals surface area contributed by atoms with Crippen molar-refractivity contribution in [3.8, 4) is 5.69 Å². The minimum Gasteiger partial charge on any atom is -0.381 e. The predicted molar refractivity (Wildman–Crippen MR) is 97.3 cm³/mol. The SMILES string of the molecule is Cc1cc(F)ccc1-n1cc(C(=O)N2CCN(CC3CCOC3)CC2)nn1. The number of nitrogens with zero attached hydrogens (tertiary/aromatic N) is 5. The molecule has 1 amide bonds. The number of hydrogen-bond acceptors (Lipinski definition) is 5. The number of hydrogen-bond donors (Lipinski definition) is 0. The minimum absolute atomic E-state index is 0.107. The molecule has 1 aromatic heterocycles. The van der Waals surface area contributed by atoms with E-state index in [9.17, 15) is 9.18 Å². The molecule has 144 valence electrons. The van der Waals surface area contributed by atoms with Gasteiger partial charge in [-0.25, -0.2) is 9.07 Å². The maximum absolute atomic E-state index is 13.3. The van der Waals surface area contributed by atoms with Crippen LogP contribution in [-0.4, -0.2) is 76.6 Å². The molecular weight excluding hydrogens is 349 g/mol. The smallest absolute Gasteiger partial charge is 0.276 e. The summed E-state index contributed by atoms with van der Waals surface area (Å²) in [7, 11) is 0. The Morgan fingerprint density at radius 1 is 1.30 bits per heavy atom. The molecule has 27 heavy (non-hydrogen) atoms. The van der Waals surface area contributed by atoms with Gasteiger partial charge in [0.1, 0.15) is 5.82 Å². The fourth-order valence-corrected chi connectivity index (χ4v) is 3.74. The van der Waals surface area contributed by atoms with Gasteiger partial charge in [0.05, 0.1) is 18.5 Å². The summed E-state index contributed by atoms with van der Waals surface area (Å²) in [5, 5.41) is 8.08. The quantitative estimate of drug-likeness (QED) is 0.813. The first-order chi connectivity index (χ1) is 13.1. The monoisotopic (exact) mass is 373 g/mol. The van der Waals surface area contributed by atoms with E-state index in [0.717, 1.165) is 44.8 Å². The van der Waals surface area contributed by atoms with E-state index in [1.54, 1.807) is 19.2 Å². The molecule has 1 aromatic carbocycles. The molecule has 2 aliphatic heterocycles. The zero-order valence-electron chi connectivity index (χ0n) is 15.5. The molecule has 1 unspecified atom stereocenters. The van der Waals surface area contributed by atoms with Crippen molar-refractivity contribution in [1.29, 1.82) is 0 Å². The van der Waals surface area contributed by atoms with E-state index in [1.165, 1.54) is 16.8 Å². The van der Waals surface area contributed by atoms with Gasteiger partial charge >= 0.3 is 0 Å². The molecule has 0 N–H and O–H groups in total. The van der Waals surface area contributed by atoms with Crippen molar-refractivity contribution in [3.63, 3.8) is 0 Å². The van der Waals surface area contributed by atoms with Gasteiger partial charge < -0.3 is 9.64 Å². The highest BCUT2D eigenvalue weighted by atomic mass is 19.1. The van der Waals surface area contributed by atoms with Crippen LogP contribution in [0, 0.1) is 18.7 Å². The van der Waals surface area contributed by atoms with Gasteiger partial charge in [0.2, 0.25) is 0 Å². The number of carbonyl (C=O) groups excluding carboxylic acids is 1. The predicted octanol–water partition coefficient (Wildman–Crippen LogP) is 1.51. The topological polar surface area (TPSA) is 63.5 Å². The van der Waals surface area contributed by atoms with E-state index in [0.29, 0.717) is 30.4 Å². The molecule has 2 fully saturated rings. The van der Waals surface area contributed by atoms with E-state index in [4.69, 9.17) is 4.74 Å². The number of piperazine rings is 1. The van der Waals surface area contributed by atoms with Gasteiger partial charge in [-0.3, -0.25) is 9.69 Å². The van der Waals surface area contributed by atoms with Crippen molar-refractivity contribution in [3.05, 3.63) is 41.5 Å². The van der Waals surface area contributed by atoms with Crippen LogP contribution in [0.1, 0.15) is 22.5 Å². The molecule has 0 spiro atoms. The zero-order valence-corrected chi connectivity index (χ0v) is 15.5. The van der Waals surface area contributed by atoms with Crippen LogP contribution in [0.15, 0.2) is 24.4 Å². The summed E-state index contributed by atoms with van der Waals surface area (Å²) in [6.07, 6.45) is 2.75. The molecule has 0 saturated carbocycles. The van der Waals surface area contributed by atoms with Gasteiger partial charge in [-0.05, 0) is 43.0 Å². The fourth-order valence-electron chi connectivity index (χ4n) is 3.74. The Hall–Kier alpha value is -2.32. The summed E-state index contributed by atoms with van der Waals surface area (Å²) in [4.78, 5) is 17.0. The van der Waals surface area contributed by atoms with Crippen molar-refractivity contribution < 1.29 is 13.9 Å². The Morgan fingerprint density at radius 3 is 2.81 bits per heavy atom. The standard InChI is InChI=1S/C19H24FN5O2/c1-14-10-16(20)2-3-18(14)25-12-17(21-22-25)19(26)24-7-5-23(6-8-24)11-15-4-9-27-13-15/h2-3,10,12,15H,4-9,11,13H2,1H3. The summed E-state index contributed by atoms with van der Waals surface area (Å²) in [6, 6.07) is 4.45. The van der Waals surface area contributed by atoms with Crippen LogP contribution in [0.25, 0.3) is 5.69 Å². The molecule has 0 bridgehead atoms. The summed E-state index contributed by atoms with van der Waals surface area (Å²) in [5.74, 6) is 0.214. The highest BCUT2D eigenvalue weighted by Gasteiger charge is 2.26. The van der Waals surface area contributed by atoms with Crippen LogP contribution in [0.2, 0.25) is 0 Å². The van der Waals surface area contributed by atoms with Gasteiger partial charge in [-0.2, -0.15) is 0 Å². The van der Waals surface area contributed by atoms with E-state index in [1.807, 2.05) is 4.90 Å². The molecular formula is C19H24FN5O2. The first-order valence-corrected chi connectivity index (χ1v) is 9.38.